The van der Waals surface area contributed by atoms with Crippen LogP contribution in [0.15, 0.2) is 29.6 Å². The van der Waals surface area contributed by atoms with Gasteiger partial charge in [-0.25, -0.2) is 0 Å². The van der Waals surface area contributed by atoms with Crippen molar-refractivity contribution < 1.29 is 4.79 Å². The molecule has 102 valence electrons. The first-order chi connectivity index (χ1) is 9.60. The van der Waals surface area contributed by atoms with E-state index < -0.39 is 0 Å². The Morgan fingerprint density at radius 3 is 2.80 bits per heavy atom. The number of nitrogens with one attached hydrogen (secondary N) is 1. The van der Waals surface area contributed by atoms with Gasteiger partial charge < -0.3 is 11.1 Å². The first kappa shape index (κ1) is 14.3. The third-order valence-electron chi connectivity index (χ3n) is 2.94. The lowest BCUT2D eigenvalue weighted by Crippen LogP contribution is -2.10. The molecule has 1 aromatic carbocycles. The van der Waals surface area contributed by atoms with Crippen LogP contribution in [0.1, 0.15) is 26.4 Å². The van der Waals surface area contributed by atoms with E-state index in [-0.39, 0.29) is 5.91 Å². The summed E-state index contributed by atoms with van der Waals surface area (Å²) in [5.41, 5.74) is 9.11. The summed E-state index contributed by atoms with van der Waals surface area (Å²) in [7, 11) is 0. The molecular formula is C16H16N2OS. The fourth-order valence-electron chi connectivity index (χ4n) is 1.68. The second-order valence-corrected chi connectivity index (χ2v) is 5.37. The zero-order chi connectivity index (χ0) is 14.5. The molecule has 0 spiro atoms. The monoisotopic (exact) mass is 284 g/mol. The molecule has 0 saturated carbocycles. The number of benzene rings is 1. The SMILES string of the molecule is Cc1ccc(NC(=O)c2csc(C#CCN)c2)cc1C. The lowest BCUT2D eigenvalue weighted by Gasteiger charge is -2.06. The number of carbonyl (C=O) groups excluding carboxylic acids is 1. The van der Waals surface area contributed by atoms with Crippen LogP contribution in [0, 0.1) is 25.7 Å². The molecule has 3 N–H and O–H groups in total. The van der Waals surface area contributed by atoms with Crippen molar-refractivity contribution in [3.8, 4) is 11.8 Å². The van der Waals surface area contributed by atoms with Crippen molar-refractivity contribution in [1.82, 2.24) is 0 Å². The van der Waals surface area contributed by atoms with Crippen LogP contribution in [0.25, 0.3) is 0 Å². The van der Waals surface area contributed by atoms with Gasteiger partial charge in [-0.3, -0.25) is 4.79 Å². The molecule has 4 heteroatoms. The highest BCUT2D eigenvalue weighted by molar-refractivity contribution is 7.10. The van der Waals surface area contributed by atoms with Crippen molar-refractivity contribution in [3.05, 3.63) is 51.2 Å². The van der Waals surface area contributed by atoms with Crippen molar-refractivity contribution in [2.75, 3.05) is 11.9 Å². The van der Waals surface area contributed by atoms with E-state index in [2.05, 4.69) is 17.2 Å². The fraction of sp³-hybridized carbons (Fsp3) is 0.188. The van der Waals surface area contributed by atoms with Crippen LogP contribution in [-0.2, 0) is 0 Å². The second-order valence-electron chi connectivity index (χ2n) is 4.46. The molecule has 1 aromatic heterocycles. The van der Waals surface area contributed by atoms with Crippen molar-refractivity contribution in [1.29, 1.82) is 0 Å². The Hall–Kier alpha value is -2.09. The largest absolute Gasteiger partial charge is 0.322 e. The third-order valence-corrected chi connectivity index (χ3v) is 3.79. The number of hydrogen-bond donors (Lipinski definition) is 2. The molecule has 0 aliphatic carbocycles. The Bertz CT molecular complexity index is 692. The van der Waals surface area contributed by atoms with Crippen molar-refractivity contribution in [3.63, 3.8) is 0 Å². The first-order valence-electron chi connectivity index (χ1n) is 6.26. The maximum absolute atomic E-state index is 12.1. The molecule has 0 radical (unpaired) electrons. The van der Waals surface area contributed by atoms with Gasteiger partial charge >= 0.3 is 0 Å². The molecule has 0 aliphatic rings. The van der Waals surface area contributed by atoms with Gasteiger partial charge in [0.25, 0.3) is 5.91 Å². The van der Waals surface area contributed by atoms with Gasteiger partial charge in [-0.1, -0.05) is 17.9 Å². The molecule has 20 heavy (non-hydrogen) atoms. The number of nitrogens with two attached hydrogens (primary N) is 1. The van der Waals surface area contributed by atoms with E-state index in [0.717, 1.165) is 16.1 Å². The number of rotatable bonds is 2. The molecule has 0 atom stereocenters. The maximum Gasteiger partial charge on any atom is 0.256 e. The fourth-order valence-corrected chi connectivity index (χ4v) is 2.44. The van der Waals surface area contributed by atoms with Gasteiger partial charge in [0.1, 0.15) is 0 Å². The Labute approximate surface area is 122 Å². The average Bonchev–Trinajstić information content (AvgIpc) is 2.89. The van der Waals surface area contributed by atoms with Gasteiger partial charge in [-0.05, 0) is 43.2 Å². The number of amides is 1. The summed E-state index contributed by atoms with van der Waals surface area (Å²) < 4.78 is 0. The number of aryl methyl sites for hydroxylation is 2. The van der Waals surface area contributed by atoms with Gasteiger partial charge in [-0.15, -0.1) is 11.3 Å². The molecule has 0 aliphatic heterocycles. The number of carbonyl (C=O) groups is 1. The molecular weight excluding hydrogens is 268 g/mol. The van der Waals surface area contributed by atoms with E-state index in [0.29, 0.717) is 12.1 Å². The van der Waals surface area contributed by atoms with E-state index in [1.165, 1.54) is 16.9 Å². The molecule has 3 nitrogen and oxygen atoms in total. The average molecular weight is 284 g/mol. The van der Waals surface area contributed by atoms with Gasteiger partial charge in [-0.2, -0.15) is 0 Å². The molecule has 0 fully saturated rings. The number of anilines is 1. The van der Waals surface area contributed by atoms with E-state index in [9.17, 15) is 4.79 Å². The molecule has 2 aromatic rings. The minimum atomic E-state index is -0.120. The minimum absolute atomic E-state index is 0.120. The topological polar surface area (TPSA) is 55.1 Å². The van der Waals surface area contributed by atoms with E-state index in [1.54, 1.807) is 11.4 Å². The van der Waals surface area contributed by atoms with Crippen molar-refractivity contribution in [2.45, 2.75) is 13.8 Å². The van der Waals surface area contributed by atoms with Crippen LogP contribution in [0.5, 0.6) is 0 Å². The minimum Gasteiger partial charge on any atom is -0.322 e. The van der Waals surface area contributed by atoms with Crippen LogP contribution in [0.2, 0.25) is 0 Å². The van der Waals surface area contributed by atoms with Gasteiger partial charge in [0.2, 0.25) is 0 Å². The molecule has 1 amide bonds. The predicted octanol–water partition coefficient (Wildman–Crippen LogP) is 2.93. The highest BCUT2D eigenvalue weighted by Crippen LogP contribution is 2.18. The summed E-state index contributed by atoms with van der Waals surface area (Å²) in [6.07, 6.45) is 0. The van der Waals surface area contributed by atoms with Crippen LogP contribution in [-0.4, -0.2) is 12.5 Å². The van der Waals surface area contributed by atoms with Crippen LogP contribution in [0.4, 0.5) is 5.69 Å². The van der Waals surface area contributed by atoms with Crippen molar-refractivity contribution >= 4 is 22.9 Å². The van der Waals surface area contributed by atoms with Crippen molar-refractivity contribution in [2.24, 2.45) is 5.73 Å². The van der Waals surface area contributed by atoms with E-state index in [1.807, 2.05) is 32.0 Å². The molecule has 0 bridgehead atoms. The van der Waals surface area contributed by atoms with Gasteiger partial charge in [0.15, 0.2) is 0 Å². The summed E-state index contributed by atoms with van der Waals surface area (Å²) in [4.78, 5) is 13.0. The van der Waals surface area contributed by atoms with E-state index in [4.69, 9.17) is 5.73 Å². The second kappa shape index (κ2) is 6.38. The lowest BCUT2D eigenvalue weighted by molar-refractivity contribution is 0.102. The smallest absolute Gasteiger partial charge is 0.256 e. The molecule has 0 unspecified atom stereocenters. The summed E-state index contributed by atoms with van der Waals surface area (Å²) >= 11 is 1.44. The predicted molar refractivity (Wildman–Crippen MR) is 84.1 cm³/mol. The summed E-state index contributed by atoms with van der Waals surface area (Å²) in [5.74, 6) is 5.58. The summed E-state index contributed by atoms with van der Waals surface area (Å²) in [5, 5.41) is 4.69. The molecule has 0 saturated heterocycles. The first-order valence-corrected chi connectivity index (χ1v) is 7.14. The lowest BCUT2D eigenvalue weighted by atomic mass is 10.1. The highest BCUT2D eigenvalue weighted by Gasteiger charge is 2.08. The standard InChI is InChI=1S/C16H16N2OS/c1-11-5-6-14(8-12(11)2)18-16(19)13-9-15(20-10-13)4-3-7-17/h5-6,8-10H,7,17H2,1-2H3,(H,18,19). The Morgan fingerprint density at radius 2 is 2.10 bits per heavy atom. The number of hydrogen-bond acceptors (Lipinski definition) is 3. The summed E-state index contributed by atoms with van der Waals surface area (Å²) in [6.45, 7) is 4.39. The van der Waals surface area contributed by atoms with Gasteiger partial charge in [0.05, 0.1) is 17.0 Å². The Kier molecular flexibility index (Phi) is 4.57. The van der Waals surface area contributed by atoms with Crippen LogP contribution in [0.3, 0.4) is 0 Å². The van der Waals surface area contributed by atoms with E-state index >= 15 is 0 Å². The molecule has 2 rings (SSSR count). The zero-order valence-electron chi connectivity index (χ0n) is 11.5. The zero-order valence-corrected chi connectivity index (χ0v) is 12.3. The quantitative estimate of drug-likeness (QED) is 0.833. The molecule has 1 heterocycles. The number of thiophene rings is 1. The van der Waals surface area contributed by atoms with Crippen LogP contribution >= 0.6 is 11.3 Å². The normalized spacial score (nSPS) is 9.75. The van der Waals surface area contributed by atoms with Crippen LogP contribution < -0.4 is 11.1 Å². The highest BCUT2D eigenvalue weighted by atomic mass is 32.1. The van der Waals surface area contributed by atoms with Gasteiger partial charge in [0, 0.05) is 11.1 Å². The third kappa shape index (κ3) is 3.47. The Morgan fingerprint density at radius 1 is 1.30 bits per heavy atom. The Balaban J connectivity index is 2.11. The maximum atomic E-state index is 12.1. The summed E-state index contributed by atoms with van der Waals surface area (Å²) in [6, 6.07) is 7.65.